The Balaban J connectivity index is 2.70. The van der Waals surface area contributed by atoms with Gasteiger partial charge in [0.15, 0.2) is 0 Å². The lowest BCUT2D eigenvalue weighted by Crippen LogP contribution is -2.22. The van der Waals surface area contributed by atoms with E-state index < -0.39 is 11.7 Å². The molecule has 0 spiro atoms. The van der Waals surface area contributed by atoms with Gasteiger partial charge in [0, 0.05) is 12.1 Å². The Morgan fingerprint density at radius 1 is 1.05 bits per heavy atom. The summed E-state index contributed by atoms with van der Waals surface area (Å²) in [5.41, 5.74) is 1.33. The number of carbonyl (C=O) groups excluding carboxylic acids is 2. The topological polar surface area (TPSA) is 55.7 Å². The molecule has 120 valence electrons. The summed E-state index contributed by atoms with van der Waals surface area (Å²) >= 11 is 0. The summed E-state index contributed by atoms with van der Waals surface area (Å²) in [6.07, 6.45) is 1.76. The normalized spacial score (nSPS) is 12.1. The van der Waals surface area contributed by atoms with Crippen LogP contribution in [0.3, 0.4) is 0 Å². The molecule has 4 nitrogen and oxygen atoms in total. The predicted octanol–water partition coefficient (Wildman–Crippen LogP) is 4.36. The number of hydrogen-bond acceptors (Lipinski definition) is 3. The number of ether oxygens (including phenoxy) is 1. The zero-order valence-electron chi connectivity index (χ0n) is 13.9. The Morgan fingerprint density at radius 2 is 1.68 bits per heavy atom. The number of rotatable bonds is 6. The molecule has 1 aromatic rings. The second-order valence-electron chi connectivity index (χ2n) is 6.35. The molecule has 0 saturated heterocycles. The van der Waals surface area contributed by atoms with Gasteiger partial charge in [0.2, 0.25) is 0 Å². The first kappa shape index (κ1) is 18.1. The van der Waals surface area contributed by atoms with Crippen LogP contribution in [-0.2, 0) is 16.0 Å². The van der Waals surface area contributed by atoms with Gasteiger partial charge < -0.3 is 9.53 Å². The standard InChI is InChI=1S/C18H25NO3/c1-14(20)10-12-16(19-17(21)22-18(2,3)4)13-11-15-8-6-5-7-9-15/h5-9H,10-13H2,1-4H3. The van der Waals surface area contributed by atoms with Crippen molar-refractivity contribution >= 4 is 17.6 Å². The van der Waals surface area contributed by atoms with Crippen LogP contribution >= 0.6 is 0 Å². The largest absolute Gasteiger partial charge is 0.442 e. The van der Waals surface area contributed by atoms with Gasteiger partial charge in [0.1, 0.15) is 11.4 Å². The SMILES string of the molecule is CC(=O)CCC(CCc1ccccc1)=NC(=O)OC(C)(C)C. The van der Waals surface area contributed by atoms with Crippen molar-refractivity contribution in [3.63, 3.8) is 0 Å². The van der Waals surface area contributed by atoms with Crippen molar-refractivity contribution in [3.05, 3.63) is 35.9 Å². The maximum atomic E-state index is 11.8. The highest BCUT2D eigenvalue weighted by Gasteiger charge is 2.16. The fourth-order valence-electron chi connectivity index (χ4n) is 1.90. The van der Waals surface area contributed by atoms with Crippen molar-refractivity contribution in [1.29, 1.82) is 0 Å². The van der Waals surface area contributed by atoms with Crippen LogP contribution in [0.4, 0.5) is 4.79 Å². The highest BCUT2D eigenvalue weighted by atomic mass is 16.6. The summed E-state index contributed by atoms with van der Waals surface area (Å²) in [5.74, 6) is 0.0941. The maximum absolute atomic E-state index is 11.8. The minimum Gasteiger partial charge on any atom is -0.442 e. The highest BCUT2D eigenvalue weighted by molar-refractivity contribution is 5.95. The molecule has 0 saturated carbocycles. The molecule has 1 rings (SSSR count). The summed E-state index contributed by atoms with van der Waals surface area (Å²) in [7, 11) is 0. The van der Waals surface area contributed by atoms with Gasteiger partial charge >= 0.3 is 6.09 Å². The molecule has 0 aliphatic carbocycles. The second-order valence-corrected chi connectivity index (χ2v) is 6.35. The van der Waals surface area contributed by atoms with Gasteiger partial charge in [0.25, 0.3) is 0 Å². The zero-order valence-corrected chi connectivity index (χ0v) is 13.9. The number of benzene rings is 1. The highest BCUT2D eigenvalue weighted by Crippen LogP contribution is 2.11. The monoisotopic (exact) mass is 303 g/mol. The molecular weight excluding hydrogens is 278 g/mol. The Hall–Kier alpha value is -1.97. The summed E-state index contributed by atoms with van der Waals surface area (Å²) < 4.78 is 5.22. The van der Waals surface area contributed by atoms with Crippen molar-refractivity contribution in [2.24, 2.45) is 4.99 Å². The lowest BCUT2D eigenvalue weighted by atomic mass is 10.0. The van der Waals surface area contributed by atoms with E-state index in [1.54, 1.807) is 27.7 Å². The summed E-state index contributed by atoms with van der Waals surface area (Å²) in [6.45, 7) is 6.96. The minimum atomic E-state index is -0.584. The van der Waals surface area contributed by atoms with E-state index in [1.807, 2.05) is 30.3 Å². The number of Topliss-reactive ketones (excluding diaryl/α,β-unsaturated/α-hetero) is 1. The predicted molar refractivity (Wildman–Crippen MR) is 88.3 cm³/mol. The fourth-order valence-corrected chi connectivity index (χ4v) is 1.90. The van der Waals surface area contributed by atoms with Crippen LogP contribution in [0.5, 0.6) is 0 Å². The third-order valence-electron chi connectivity index (χ3n) is 2.95. The van der Waals surface area contributed by atoms with Gasteiger partial charge in [-0.2, -0.15) is 4.99 Å². The van der Waals surface area contributed by atoms with Gasteiger partial charge in [0.05, 0.1) is 0 Å². The van der Waals surface area contributed by atoms with Crippen molar-refractivity contribution in [1.82, 2.24) is 0 Å². The molecule has 0 radical (unpaired) electrons. The van der Waals surface area contributed by atoms with Gasteiger partial charge in [-0.3, -0.25) is 0 Å². The molecule has 0 heterocycles. The Morgan fingerprint density at radius 3 is 2.23 bits per heavy atom. The molecular formula is C18H25NO3. The molecule has 0 atom stereocenters. The molecule has 22 heavy (non-hydrogen) atoms. The summed E-state index contributed by atoms with van der Waals surface area (Å²) in [4.78, 5) is 27.0. The number of hydrogen-bond donors (Lipinski definition) is 0. The summed E-state index contributed by atoms with van der Waals surface area (Å²) in [6, 6.07) is 10.0. The zero-order chi connectivity index (χ0) is 16.6. The first-order valence-corrected chi connectivity index (χ1v) is 7.59. The van der Waals surface area contributed by atoms with E-state index in [9.17, 15) is 9.59 Å². The van der Waals surface area contributed by atoms with Crippen LogP contribution in [0.2, 0.25) is 0 Å². The smallest absolute Gasteiger partial charge is 0.434 e. The van der Waals surface area contributed by atoms with Crippen molar-refractivity contribution in [2.45, 2.75) is 59.0 Å². The molecule has 1 amide bonds. The first-order chi connectivity index (χ1) is 10.3. The molecule has 0 aliphatic rings. The molecule has 0 unspecified atom stereocenters. The number of nitrogens with zero attached hydrogens (tertiary/aromatic N) is 1. The third kappa shape index (κ3) is 8.35. The maximum Gasteiger partial charge on any atom is 0.434 e. The van der Waals surface area contributed by atoms with Crippen LogP contribution in [0.15, 0.2) is 35.3 Å². The molecule has 0 N–H and O–H groups in total. The van der Waals surface area contributed by atoms with Crippen LogP contribution in [0.1, 0.15) is 52.5 Å². The molecule has 0 bridgehead atoms. The van der Waals surface area contributed by atoms with Crippen molar-refractivity contribution in [2.75, 3.05) is 0 Å². The van der Waals surface area contributed by atoms with Gasteiger partial charge in [-0.05, 0) is 52.5 Å². The average molecular weight is 303 g/mol. The van der Waals surface area contributed by atoms with Crippen LogP contribution in [0, 0.1) is 0 Å². The molecule has 0 fully saturated rings. The van der Waals surface area contributed by atoms with E-state index in [0.29, 0.717) is 25.0 Å². The van der Waals surface area contributed by atoms with E-state index in [2.05, 4.69) is 4.99 Å². The lowest BCUT2D eigenvalue weighted by Gasteiger charge is -2.17. The summed E-state index contributed by atoms with van der Waals surface area (Å²) in [5, 5.41) is 0. The third-order valence-corrected chi connectivity index (χ3v) is 2.95. The van der Waals surface area contributed by atoms with Gasteiger partial charge in [-0.15, -0.1) is 0 Å². The van der Waals surface area contributed by atoms with Crippen LogP contribution < -0.4 is 0 Å². The number of amides is 1. The number of aryl methyl sites for hydroxylation is 1. The Kier molecular flexibility index (Phi) is 6.96. The molecule has 1 aromatic carbocycles. The van der Waals surface area contributed by atoms with E-state index in [4.69, 9.17) is 4.74 Å². The molecule has 0 aliphatic heterocycles. The first-order valence-electron chi connectivity index (χ1n) is 7.59. The average Bonchev–Trinajstić information content (AvgIpc) is 2.41. The van der Waals surface area contributed by atoms with Crippen molar-refractivity contribution < 1.29 is 14.3 Å². The second kappa shape index (κ2) is 8.47. The fraction of sp³-hybridized carbons (Fsp3) is 0.500. The lowest BCUT2D eigenvalue weighted by molar-refractivity contribution is -0.116. The van der Waals surface area contributed by atoms with Gasteiger partial charge in [-0.25, -0.2) is 4.79 Å². The molecule has 4 heteroatoms. The van der Waals surface area contributed by atoms with E-state index in [1.165, 1.54) is 5.56 Å². The quantitative estimate of drug-likeness (QED) is 0.733. The van der Waals surface area contributed by atoms with E-state index >= 15 is 0 Å². The Labute approximate surface area is 132 Å². The minimum absolute atomic E-state index is 0.0941. The van der Waals surface area contributed by atoms with Gasteiger partial charge in [-0.1, -0.05) is 30.3 Å². The van der Waals surface area contributed by atoms with E-state index in [-0.39, 0.29) is 5.78 Å². The van der Waals surface area contributed by atoms with Crippen LogP contribution in [-0.4, -0.2) is 23.2 Å². The van der Waals surface area contributed by atoms with Crippen LogP contribution in [0.25, 0.3) is 0 Å². The van der Waals surface area contributed by atoms with E-state index in [0.717, 1.165) is 6.42 Å². The Bertz CT molecular complexity index is 527. The van der Waals surface area contributed by atoms with Crippen molar-refractivity contribution in [3.8, 4) is 0 Å². The number of ketones is 1. The molecule has 0 aromatic heterocycles. The number of aliphatic imine (C=N–C) groups is 1. The number of carbonyl (C=O) groups is 2.